The number of nitro groups is 1. The Labute approximate surface area is 186 Å². The molecule has 3 aromatic rings. The van der Waals surface area contributed by atoms with Crippen LogP contribution in [0.4, 0.5) is 16.5 Å². The molecule has 0 aliphatic carbocycles. The van der Waals surface area contributed by atoms with Crippen molar-refractivity contribution in [2.24, 2.45) is 4.99 Å². The fourth-order valence-electron chi connectivity index (χ4n) is 3.81. The van der Waals surface area contributed by atoms with Gasteiger partial charge in [0, 0.05) is 25.2 Å². The molecule has 5 rings (SSSR count). The number of anilines is 1. The lowest BCUT2D eigenvalue weighted by Crippen LogP contribution is -2.28. The summed E-state index contributed by atoms with van der Waals surface area (Å²) < 4.78 is 0.795. The van der Waals surface area contributed by atoms with E-state index in [0.29, 0.717) is 6.54 Å². The number of hydrogen-bond acceptors (Lipinski definition) is 8. The molecular weight excluding hydrogens is 434 g/mol. The van der Waals surface area contributed by atoms with Gasteiger partial charge in [-0.05, 0) is 54.8 Å². The van der Waals surface area contributed by atoms with Gasteiger partial charge in [-0.25, -0.2) is 9.98 Å². The number of benzene rings is 2. The largest absolute Gasteiger partial charge is 0.361 e. The molecule has 2 aromatic carbocycles. The van der Waals surface area contributed by atoms with Crippen LogP contribution in [0.5, 0.6) is 0 Å². The van der Waals surface area contributed by atoms with Crippen molar-refractivity contribution in [2.45, 2.75) is 25.3 Å². The maximum atomic E-state index is 12.0. The number of thiazole rings is 1. The number of rotatable bonds is 6. The number of nitrogens with zero attached hydrogens (tertiary/aromatic N) is 4. The van der Waals surface area contributed by atoms with Crippen molar-refractivity contribution in [3.63, 3.8) is 0 Å². The Morgan fingerprint density at radius 2 is 2.10 bits per heavy atom. The molecule has 0 saturated carbocycles. The predicted octanol–water partition coefficient (Wildman–Crippen LogP) is 4.58. The van der Waals surface area contributed by atoms with E-state index in [9.17, 15) is 14.9 Å². The highest BCUT2D eigenvalue weighted by molar-refractivity contribution is 8.26. The zero-order chi connectivity index (χ0) is 21.4. The number of amidine groups is 1. The minimum atomic E-state index is -0.395. The summed E-state index contributed by atoms with van der Waals surface area (Å²) in [5.74, 6) is 0. The van der Waals surface area contributed by atoms with Crippen molar-refractivity contribution in [1.82, 2.24) is 9.88 Å². The van der Waals surface area contributed by atoms with Crippen LogP contribution in [0.2, 0.25) is 0 Å². The van der Waals surface area contributed by atoms with Crippen LogP contribution in [-0.2, 0) is 11.2 Å². The van der Waals surface area contributed by atoms with Crippen LogP contribution >= 0.6 is 23.1 Å². The Bertz CT molecular complexity index is 1190. The normalized spacial score (nSPS) is 19.4. The summed E-state index contributed by atoms with van der Waals surface area (Å²) >= 11 is 2.67. The number of nitro benzene ring substituents is 1. The van der Waals surface area contributed by atoms with E-state index in [1.54, 1.807) is 12.1 Å². The number of nitrogens with one attached hydrogen (secondary N) is 1. The Balaban J connectivity index is 1.19. The second kappa shape index (κ2) is 8.27. The van der Waals surface area contributed by atoms with Crippen LogP contribution in [0.1, 0.15) is 18.4 Å². The van der Waals surface area contributed by atoms with Gasteiger partial charge in [-0.3, -0.25) is 14.9 Å². The first-order valence-corrected chi connectivity index (χ1v) is 11.6. The summed E-state index contributed by atoms with van der Waals surface area (Å²) in [5, 5.41) is 16.0. The molecule has 2 aliphatic heterocycles. The van der Waals surface area contributed by atoms with Crippen molar-refractivity contribution in [3.8, 4) is 0 Å². The lowest BCUT2D eigenvalue weighted by molar-refractivity contribution is -0.384. The van der Waals surface area contributed by atoms with E-state index in [4.69, 9.17) is 0 Å². The minimum Gasteiger partial charge on any atom is -0.361 e. The van der Waals surface area contributed by atoms with E-state index in [-0.39, 0.29) is 16.8 Å². The average molecular weight is 454 g/mol. The average Bonchev–Trinajstić information content (AvgIpc) is 3.46. The first-order chi connectivity index (χ1) is 15.1. The van der Waals surface area contributed by atoms with Gasteiger partial charge in [-0.1, -0.05) is 23.5 Å². The molecule has 8 nitrogen and oxygen atoms in total. The highest BCUT2D eigenvalue weighted by Crippen LogP contribution is 2.35. The van der Waals surface area contributed by atoms with Crippen LogP contribution in [0.3, 0.4) is 0 Å². The molecule has 158 valence electrons. The van der Waals surface area contributed by atoms with Gasteiger partial charge < -0.3 is 10.2 Å². The second-order valence-corrected chi connectivity index (χ2v) is 9.44. The molecule has 3 heterocycles. The Morgan fingerprint density at radius 1 is 1.26 bits per heavy atom. The molecule has 2 fully saturated rings. The fraction of sp³-hybridized carbons (Fsp3) is 0.286. The smallest absolute Gasteiger partial charge is 0.270 e. The summed E-state index contributed by atoms with van der Waals surface area (Å²) in [5.41, 5.74) is 2.85. The SMILES string of the molecule is O=C1S/C(=N\c2ccc(CCNc3nc4ccc([N+](=O)[O-])cc4s3)cc2)N2CCC[C@@H]12. The Morgan fingerprint density at radius 3 is 2.90 bits per heavy atom. The number of hydrogen-bond donors (Lipinski definition) is 1. The third-order valence-electron chi connectivity index (χ3n) is 5.40. The standard InChI is InChI=1S/C21H19N5O3S2/c27-19-17-2-1-11-25(17)21(31-19)23-14-5-3-13(4-6-14)9-10-22-20-24-16-8-7-15(26(28)29)12-18(16)30-20/h3-8,12,17H,1-2,9-11H2,(H,22,24)/b23-21-/t17-/m0/s1. The summed E-state index contributed by atoms with van der Waals surface area (Å²) in [6, 6.07) is 12.8. The zero-order valence-electron chi connectivity index (χ0n) is 16.5. The minimum absolute atomic E-state index is 0.0164. The third kappa shape index (κ3) is 4.13. The van der Waals surface area contributed by atoms with Gasteiger partial charge in [0.1, 0.15) is 6.04 Å². The number of carbonyl (C=O) groups excluding carboxylic acids is 1. The van der Waals surface area contributed by atoms with Crippen molar-refractivity contribution in [2.75, 3.05) is 18.4 Å². The number of fused-ring (bicyclic) bond motifs is 2. The highest BCUT2D eigenvalue weighted by atomic mass is 32.2. The van der Waals surface area contributed by atoms with E-state index in [0.717, 1.165) is 52.0 Å². The lowest BCUT2D eigenvalue weighted by atomic mass is 10.1. The van der Waals surface area contributed by atoms with E-state index < -0.39 is 4.92 Å². The van der Waals surface area contributed by atoms with Crippen LogP contribution < -0.4 is 5.32 Å². The van der Waals surface area contributed by atoms with E-state index in [2.05, 4.69) is 20.2 Å². The molecule has 0 unspecified atom stereocenters. The van der Waals surface area contributed by atoms with Crippen LogP contribution in [-0.4, -0.2) is 44.2 Å². The molecule has 0 amide bonds. The number of aromatic nitrogens is 1. The quantitative estimate of drug-likeness (QED) is 0.430. The van der Waals surface area contributed by atoms with Crippen LogP contribution in [0.25, 0.3) is 10.2 Å². The number of non-ortho nitro benzene ring substituents is 1. The molecule has 10 heteroatoms. The first-order valence-electron chi connectivity index (χ1n) is 10.0. The number of thioether (sulfide) groups is 1. The molecule has 1 N–H and O–H groups in total. The topological polar surface area (TPSA) is 101 Å². The highest BCUT2D eigenvalue weighted by Gasteiger charge is 2.40. The molecule has 2 saturated heterocycles. The van der Waals surface area contributed by atoms with Crippen LogP contribution in [0.15, 0.2) is 47.5 Å². The van der Waals surface area contributed by atoms with Gasteiger partial charge in [0.25, 0.3) is 5.69 Å². The molecule has 0 bridgehead atoms. The maximum Gasteiger partial charge on any atom is 0.270 e. The molecule has 1 aromatic heterocycles. The second-order valence-electron chi connectivity index (χ2n) is 7.44. The predicted molar refractivity (Wildman–Crippen MR) is 124 cm³/mol. The first kappa shape index (κ1) is 20.0. The summed E-state index contributed by atoms with van der Waals surface area (Å²) in [6.45, 7) is 1.61. The zero-order valence-corrected chi connectivity index (χ0v) is 18.1. The van der Waals surface area contributed by atoms with E-state index in [1.807, 2.05) is 24.3 Å². The monoisotopic (exact) mass is 453 g/mol. The molecule has 0 radical (unpaired) electrons. The fourth-order valence-corrected chi connectivity index (χ4v) is 5.78. The molecule has 0 spiro atoms. The van der Waals surface area contributed by atoms with Gasteiger partial charge in [-0.15, -0.1) is 0 Å². The maximum absolute atomic E-state index is 12.0. The lowest BCUT2D eigenvalue weighted by Gasteiger charge is -2.14. The van der Waals surface area contributed by atoms with Crippen molar-refractivity contribution < 1.29 is 9.72 Å². The van der Waals surface area contributed by atoms with Gasteiger partial charge in [-0.2, -0.15) is 0 Å². The number of aliphatic imine (C=N–C) groups is 1. The van der Waals surface area contributed by atoms with E-state index in [1.165, 1.54) is 34.7 Å². The van der Waals surface area contributed by atoms with Gasteiger partial charge in [0.2, 0.25) is 5.12 Å². The van der Waals surface area contributed by atoms with Crippen molar-refractivity contribution in [3.05, 3.63) is 58.1 Å². The summed E-state index contributed by atoms with van der Waals surface area (Å²) in [4.78, 5) is 33.8. The molecule has 2 aliphatic rings. The van der Waals surface area contributed by atoms with E-state index >= 15 is 0 Å². The van der Waals surface area contributed by atoms with Crippen LogP contribution in [0, 0.1) is 10.1 Å². The van der Waals surface area contributed by atoms with Gasteiger partial charge in [0.05, 0.1) is 20.8 Å². The van der Waals surface area contributed by atoms with Gasteiger partial charge >= 0.3 is 0 Å². The van der Waals surface area contributed by atoms with Gasteiger partial charge in [0.15, 0.2) is 10.3 Å². The molecule has 1 atom stereocenters. The van der Waals surface area contributed by atoms with Crippen molar-refractivity contribution in [1.29, 1.82) is 0 Å². The Kier molecular flexibility index (Phi) is 5.33. The third-order valence-corrected chi connectivity index (χ3v) is 7.35. The Hall–Kier alpha value is -2.98. The molecule has 31 heavy (non-hydrogen) atoms. The summed E-state index contributed by atoms with van der Waals surface area (Å²) in [7, 11) is 0. The number of carbonyl (C=O) groups is 1. The summed E-state index contributed by atoms with van der Waals surface area (Å²) in [6.07, 6.45) is 2.80. The van der Waals surface area contributed by atoms with Crippen molar-refractivity contribution >= 4 is 60.1 Å². The molecular formula is C21H19N5O3S2.